The Morgan fingerprint density at radius 3 is 2.48 bits per heavy atom. The second-order valence-corrected chi connectivity index (χ2v) is 7.63. The number of thiazole rings is 1. The van der Waals surface area contributed by atoms with Crippen LogP contribution in [-0.2, 0) is 5.41 Å². The van der Waals surface area contributed by atoms with Crippen molar-refractivity contribution in [3.05, 3.63) is 53.2 Å². The van der Waals surface area contributed by atoms with Crippen LogP contribution >= 0.6 is 11.3 Å². The minimum Gasteiger partial charge on any atom is -0.497 e. The van der Waals surface area contributed by atoms with Crippen LogP contribution < -0.4 is 10.1 Å². The van der Waals surface area contributed by atoms with Crippen LogP contribution in [0.5, 0.6) is 5.75 Å². The van der Waals surface area contributed by atoms with Crippen LogP contribution in [0, 0.1) is 0 Å². The fourth-order valence-electron chi connectivity index (χ4n) is 2.08. The maximum Gasteiger partial charge on any atom is 0.218 e. The standard InChI is InChI=1S/C19H21N3O2S/c1-19(2,3)16-12-20-17(24-16)10-9-15-11-21-18(25-15)22-13-5-7-14(23-4)8-6-13/h5-12H,1-4H3,(H,21,22). The molecule has 130 valence electrons. The third-order valence-electron chi connectivity index (χ3n) is 3.52. The fourth-order valence-corrected chi connectivity index (χ4v) is 2.82. The van der Waals surface area contributed by atoms with E-state index in [1.54, 1.807) is 24.6 Å². The van der Waals surface area contributed by atoms with Crippen LogP contribution in [0.15, 0.2) is 41.1 Å². The molecule has 5 nitrogen and oxygen atoms in total. The molecule has 0 radical (unpaired) electrons. The van der Waals surface area contributed by atoms with Crippen LogP contribution in [-0.4, -0.2) is 17.1 Å². The van der Waals surface area contributed by atoms with Crippen LogP contribution in [0.3, 0.4) is 0 Å². The molecule has 0 bridgehead atoms. The molecule has 1 aromatic carbocycles. The Balaban J connectivity index is 1.65. The highest BCUT2D eigenvalue weighted by molar-refractivity contribution is 7.16. The number of methoxy groups -OCH3 is 1. The highest BCUT2D eigenvalue weighted by atomic mass is 32.1. The van der Waals surface area contributed by atoms with Gasteiger partial charge < -0.3 is 14.5 Å². The maximum atomic E-state index is 5.75. The minimum atomic E-state index is -0.0426. The highest BCUT2D eigenvalue weighted by Gasteiger charge is 2.18. The molecule has 3 rings (SSSR count). The van der Waals surface area contributed by atoms with Gasteiger partial charge in [-0.15, -0.1) is 0 Å². The molecule has 0 atom stereocenters. The van der Waals surface area contributed by atoms with Crippen molar-refractivity contribution in [3.63, 3.8) is 0 Å². The van der Waals surface area contributed by atoms with E-state index in [9.17, 15) is 0 Å². The molecule has 2 heterocycles. The van der Waals surface area contributed by atoms with Crippen molar-refractivity contribution < 1.29 is 9.15 Å². The zero-order chi connectivity index (χ0) is 17.9. The van der Waals surface area contributed by atoms with Crippen LogP contribution in [0.25, 0.3) is 12.2 Å². The molecule has 3 aromatic rings. The summed E-state index contributed by atoms with van der Waals surface area (Å²) >= 11 is 1.56. The lowest BCUT2D eigenvalue weighted by molar-refractivity contribution is 0.403. The summed E-state index contributed by atoms with van der Waals surface area (Å²) in [6, 6.07) is 7.73. The summed E-state index contributed by atoms with van der Waals surface area (Å²) in [6.07, 6.45) is 7.42. The van der Waals surface area contributed by atoms with Crippen molar-refractivity contribution in [2.45, 2.75) is 26.2 Å². The monoisotopic (exact) mass is 355 g/mol. The first-order valence-corrected chi connectivity index (χ1v) is 8.77. The van der Waals surface area contributed by atoms with E-state index in [1.807, 2.05) is 42.6 Å². The zero-order valence-electron chi connectivity index (χ0n) is 14.7. The summed E-state index contributed by atoms with van der Waals surface area (Å²) in [7, 11) is 1.65. The number of anilines is 2. The minimum absolute atomic E-state index is 0.0426. The summed E-state index contributed by atoms with van der Waals surface area (Å²) in [5, 5.41) is 4.10. The van der Waals surface area contributed by atoms with Gasteiger partial charge in [-0.1, -0.05) is 32.1 Å². The summed E-state index contributed by atoms with van der Waals surface area (Å²) in [6.45, 7) is 6.30. The van der Waals surface area contributed by atoms with Crippen molar-refractivity contribution in [2.24, 2.45) is 0 Å². The number of aromatic nitrogens is 2. The van der Waals surface area contributed by atoms with E-state index < -0.39 is 0 Å². The molecule has 0 fully saturated rings. The third kappa shape index (κ3) is 4.48. The van der Waals surface area contributed by atoms with E-state index in [-0.39, 0.29) is 5.41 Å². The number of nitrogens with one attached hydrogen (secondary N) is 1. The van der Waals surface area contributed by atoms with Gasteiger partial charge in [0.1, 0.15) is 11.5 Å². The molecule has 0 spiro atoms. The first-order chi connectivity index (χ1) is 11.9. The van der Waals surface area contributed by atoms with Gasteiger partial charge in [0.05, 0.1) is 13.3 Å². The van der Waals surface area contributed by atoms with Crippen molar-refractivity contribution in [2.75, 3.05) is 12.4 Å². The van der Waals surface area contributed by atoms with E-state index in [0.29, 0.717) is 5.89 Å². The lowest BCUT2D eigenvalue weighted by Crippen LogP contribution is -2.09. The molecule has 0 unspecified atom stereocenters. The summed E-state index contributed by atoms with van der Waals surface area (Å²) < 4.78 is 10.9. The lowest BCUT2D eigenvalue weighted by atomic mass is 9.94. The second kappa shape index (κ2) is 7.11. The topological polar surface area (TPSA) is 60.2 Å². The molecular weight excluding hydrogens is 334 g/mol. The molecule has 0 aliphatic heterocycles. The van der Waals surface area contributed by atoms with Gasteiger partial charge in [0.25, 0.3) is 0 Å². The van der Waals surface area contributed by atoms with Gasteiger partial charge in [0.15, 0.2) is 5.13 Å². The van der Waals surface area contributed by atoms with E-state index in [1.165, 1.54) is 0 Å². The second-order valence-electron chi connectivity index (χ2n) is 6.57. The molecule has 2 aromatic heterocycles. The molecule has 6 heteroatoms. The van der Waals surface area contributed by atoms with Gasteiger partial charge in [-0.3, -0.25) is 0 Å². The molecule has 0 saturated heterocycles. The smallest absolute Gasteiger partial charge is 0.218 e. The Kier molecular flexibility index (Phi) is 4.90. The Labute approximate surface area is 151 Å². The number of oxazole rings is 1. The highest BCUT2D eigenvalue weighted by Crippen LogP contribution is 2.26. The van der Waals surface area contributed by atoms with Gasteiger partial charge >= 0.3 is 0 Å². The van der Waals surface area contributed by atoms with Crippen LogP contribution in [0.4, 0.5) is 10.8 Å². The normalized spacial score (nSPS) is 11.8. The predicted octanol–water partition coefficient (Wildman–Crippen LogP) is 5.35. The molecule has 1 N–H and O–H groups in total. The summed E-state index contributed by atoms with van der Waals surface area (Å²) in [5.41, 5.74) is 0.923. The van der Waals surface area contributed by atoms with Crippen molar-refractivity contribution in [3.8, 4) is 5.75 Å². The number of rotatable bonds is 5. The Bertz CT molecular complexity index is 857. The quantitative estimate of drug-likeness (QED) is 0.668. The van der Waals surface area contributed by atoms with E-state index in [2.05, 4.69) is 36.1 Å². The molecular formula is C19H21N3O2S. The molecule has 0 amide bonds. The zero-order valence-corrected chi connectivity index (χ0v) is 15.6. The van der Waals surface area contributed by atoms with Crippen LogP contribution in [0.1, 0.15) is 37.3 Å². The first kappa shape index (κ1) is 17.2. The third-order valence-corrected chi connectivity index (χ3v) is 4.40. The lowest BCUT2D eigenvalue weighted by Gasteiger charge is -2.12. The van der Waals surface area contributed by atoms with E-state index in [0.717, 1.165) is 27.2 Å². The Morgan fingerprint density at radius 2 is 1.84 bits per heavy atom. The maximum absolute atomic E-state index is 5.75. The molecule has 0 aliphatic carbocycles. The van der Waals surface area contributed by atoms with Crippen molar-refractivity contribution in [1.29, 1.82) is 0 Å². The Hall–Kier alpha value is -2.60. The number of ether oxygens (including phenoxy) is 1. The average molecular weight is 355 g/mol. The van der Waals surface area contributed by atoms with Gasteiger partial charge in [0.2, 0.25) is 5.89 Å². The van der Waals surface area contributed by atoms with Crippen molar-refractivity contribution in [1.82, 2.24) is 9.97 Å². The first-order valence-electron chi connectivity index (χ1n) is 7.95. The molecule has 25 heavy (non-hydrogen) atoms. The Morgan fingerprint density at radius 1 is 1.08 bits per heavy atom. The van der Waals surface area contributed by atoms with Gasteiger partial charge in [-0.25, -0.2) is 9.97 Å². The number of benzene rings is 1. The van der Waals surface area contributed by atoms with Crippen LogP contribution in [0.2, 0.25) is 0 Å². The van der Waals surface area contributed by atoms with E-state index >= 15 is 0 Å². The van der Waals surface area contributed by atoms with Gasteiger partial charge in [0, 0.05) is 28.3 Å². The predicted molar refractivity (Wildman–Crippen MR) is 103 cm³/mol. The summed E-state index contributed by atoms with van der Waals surface area (Å²) in [4.78, 5) is 9.70. The number of hydrogen-bond acceptors (Lipinski definition) is 6. The average Bonchev–Trinajstić information content (AvgIpc) is 3.22. The largest absolute Gasteiger partial charge is 0.497 e. The molecule has 0 aliphatic rings. The SMILES string of the molecule is COc1ccc(Nc2ncc(C=Cc3ncc(C(C)(C)C)o3)s2)cc1. The van der Waals surface area contributed by atoms with Gasteiger partial charge in [-0.2, -0.15) is 0 Å². The van der Waals surface area contributed by atoms with Gasteiger partial charge in [-0.05, 0) is 30.3 Å². The molecule has 0 saturated carbocycles. The van der Waals surface area contributed by atoms with E-state index in [4.69, 9.17) is 9.15 Å². The van der Waals surface area contributed by atoms with Crippen molar-refractivity contribution >= 4 is 34.3 Å². The number of nitrogens with zero attached hydrogens (tertiary/aromatic N) is 2. The summed E-state index contributed by atoms with van der Waals surface area (Å²) in [5.74, 6) is 2.30. The number of hydrogen-bond donors (Lipinski definition) is 1. The fraction of sp³-hybridized carbons (Fsp3) is 0.263.